The molecule has 116 valence electrons. The third-order valence-corrected chi connectivity index (χ3v) is 4.51. The number of methoxy groups -OCH3 is 1. The van der Waals surface area contributed by atoms with Gasteiger partial charge in [-0.05, 0) is 45.2 Å². The van der Waals surface area contributed by atoms with Crippen molar-refractivity contribution in [3.8, 4) is 5.75 Å². The number of carboxylic acid groups (broad SMARTS) is 1. The Morgan fingerprint density at radius 3 is 2.90 bits per heavy atom. The number of rotatable bonds is 6. The van der Waals surface area contributed by atoms with Crippen LogP contribution in [0.5, 0.6) is 5.75 Å². The second kappa shape index (κ2) is 6.94. The molecule has 0 spiro atoms. The molecule has 0 radical (unpaired) electrons. The van der Waals surface area contributed by atoms with Crippen molar-refractivity contribution < 1.29 is 14.6 Å². The minimum absolute atomic E-state index is 0.148. The van der Waals surface area contributed by atoms with Crippen molar-refractivity contribution >= 4 is 5.97 Å². The van der Waals surface area contributed by atoms with Gasteiger partial charge in [-0.1, -0.05) is 24.1 Å². The number of benzene rings is 1. The van der Waals surface area contributed by atoms with Gasteiger partial charge in [0.2, 0.25) is 0 Å². The van der Waals surface area contributed by atoms with E-state index < -0.39 is 5.97 Å². The van der Waals surface area contributed by atoms with E-state index in [1.165, 1.54) is 5.56 Å². The van der Waals surface area contributed by atoms with E-state index in [-0.39, 0.29) is 17.9 Å². The summed E-state index contributed by atoms with van der Waals surface area (Å²) >= 11 is 0. The number of hydrogen-bond acceptors (Lipinski definition) is 3. The SMILES string of the molecule is COc1ccc(C)cc1C(C)NCC1CCCC1C(=O)O. The van der Waals surface area contributed by atoms with E-state index in [0.29, 0.717) is 0 Å². The zero-order valence-electron chi connectivity index (χ0n) is 13.1. The molecule has 4 nitrogen and oxygen atoms in total. The Balaban J connectivity index is 2.00. The molecule has 0 amide bonds. The third-order valence-electron chi connectivity index (χ3n) is 4.51. The number of carbonyl (C=O) groups is 1. The zero-order chi connectivity index (χ0) is 15.4. The van der Waals surface area contributed by atoms with Crippen molar-refractivity contribution in [1.29, 1.82) is 0 Å². The van der Waals surface area contributed by atoms with Crippen LogP contribution in [-0.4, -0.2) is 24.7 Å². The Morgan fingerprint density at radius 2 is 2.24 bits per heavy atom. The van der Waals surface area contributed by atoms with Gasteiger partial charge < -0.3 is 15.2 Å². The maximum absolute atomic E-state index is 11.2. The second-order valence-electron chi connectivity index (χ2n) is 6.01. The highest BCUT2D eigenvalue weighted by Crippen LogP contribution is 2.32. The van der Waals surface area contributed by atoms with E-state index in [4.69, 9.17) is 4.74 Å². The van der Waals surface area contributed by atoms with Crippen LogP contribution < -0.4 is 10.1 Å². The van der Waals surface area contributed by atoms with Gasteiger partial charge in [0.15, 0.2) is 0 Å². The van der Waals surface area contributed by atoms with Crippen LogP contribution in [-0.2, 0) is 4.79 Å². The molecule has 1 aromatic rings. The highest BCUT2D eigenvalue weighted by Gasteiger charge is 2.32. The molecular formula is C17H25NO3. The first-order valence-corrected chi connectivity index (χ1v) is 7.63. The van der Waals surface area contributed by atoms with E-state index in [2.05, 4.69) is 25.2 Å². The fourth-order valence-electron chi connectivity index (χ4n) is 3.24. The lowest BCUT2D eigenvalue weighted by atomic mass is 9.95. The topological polar surface area (TPSA) is 58.6 Å². The summed E-state index contributed by atoms with van der Waals surface area (Å²) < 4.78 is 5.42. The molecule has 21 heavy (non-hydrogen) atoms. The van der Waals surface area contributed by atoms with Crippen LogP contribution in [0.3, 0.4) is 0 Å². The predicted molar refractivity (Wildman–Crippen MR) is 82.6 cm³/mol. The van der Waals surface area contributed by atoms with Gasteiger partial charge in [-0.3, -0.25) is 4.79 Å². The van der Waals surface area contributed by atoms with Crippen molar-refractivity contribution in [2.24, 2.45) is 11.8 Å². The maximum atomic E-state index is 11.2. The lowest BCUT2D eigenvalue weighted by Gasteiger charge is -2.22. The van der Waals surface area contributed by atoms with Gasteiger partial charge in [-0.15, -0.1) is 0 Å². The van der Waals surface area contributed by atoms with Gasteiger partial charge in [0.25, 0.3) is 0 Å². The summed E-state index contributed by atoms with van der Waals surface area (Å²) in [5.74, 6) is 0.270. The molecule has 0 aliphatic heterocycles. The monoisotopic (exact) mass is 291 g/mol. The Hall–Kier alpha value is -1.55. The summed E-state index contributed by atoms with van der Waals surface area (Å²) in [5.41, 5.74) is 2.33. The molecule has 1 aromatic carbocycles. The van der Waals surface area contributed by atoms with Crippen LogP contribution in [0.25, 0.3) is 0 Å². The smallest absolute Gasteiger partial charge is 0.306 e. The maximum Gasteiger partial charge on any atom is 0.306 e. The molecule has 0 bridgehead atoms. The standard InChI is InChI=1S/C17H25NO3/c1-11-7-8-16(21-3)15(9-11)12(2)18-10-13-5-4-6-14(13)17(19)20/h7-9,12-14,18H,4-6,10H2,1-3H3,(H,19,20). The van der Waals surface area contributed by atoms with E-state index >= 15 is 0 Å². The molecule has 1 aliphatic carbocycles. The number of hydrogen-bond donors (Lipinski definition) is 2. The van der Waals surface area contributed by atoms with Crippen molar-refractivity contribution in [2.45, 2.75) is 39.2 Å². The van der Waals surface area contributed by atoms with Crippen LogP contribution in [0.1, 0.15) is 43.4 Å². The van der Waals surface area contributed by atoms with Gasteiger partial charge in [-0.2, -0.15) is 0 Å². The lowest BCUT2D eigenvalue weighted by Crippen LogP contribution is -2.30. The van der Waals surface area contributed by atoms with Gasteiger partial charge in [0, 0.05) is 11.6 Å². The molecule has 3 unspecified atom stereocenters. The zero-order valence-corrected chi connectivity index (χ0v) is 13.1. The van der Waals surface area contributed by atoms with Crippen LogP contribution in [0.15, 0.2) is 18.2 Å². The molecule has 2 N–H and O–H groups in total. The Morgan fingerprint density at radius 1 is 1.48 bits per heavy atom. The predicted octanol–water partition coefficient (Wildman–Crippen LogP) is 3.16. The normalized spacial score (nSPS) is 23.0. The number of aryl methyl sites for hydroxylation is 1. The molecular weight excluding hydrogens is 266 g/mol. The second-order valence-corrected chi connectivity index (χ2v) is 6.01. The van der Waals surface area contributed by atoms with E-state index in [9.17, 15) is 9.90 Å². The number of aliphatic carboxylic acids is 1. The van der Waals surface area contributed by atoms with Gasteiger partial charge in [0.1, 0.15) is 5.75 Å². The highest BCUT2D eigenvalue weighted by molar-refractivity contribution is 5.70. The van der Waals surface area contributed by atoms with Crippen LogP contribution in [0.4, 0.5) is 0 Å². The average Bonchev–Trinajstić information content (AvgIpc) is 2.93. The molecule has 1 saturated carbocycles. The first-order valence-electron chi connectivity index (χ1n) is 7.63. The van der Waals surface area contributed by atoms with Crippen LogP contribution in [0, 0.1) is 18.8 Å². The largest absolute Gasteiger partial charge is 0.496 e. The lowest BCUT2D eigenvalue weighted by molar-refractivity contribution is -0.142. The summed E-state index contributed by atoms with van der Waals surface area (Å²) in [4.78, 5) is 11.2. The Kier molecular flexibility index (Phi) is 5.23. The molecule has 0 aromatic heterocycles. The van der Waals surface area contributed by atoms with Gasteiger partial charge in [-0.25, -0.2) is 0 Å². The van der Waals surface area contributed by atoms with Crippen molar-refractivity contribution in [1.82, 2.24) is 5.32 Å². The summed E-state index contributed by atoms with van der Waals surface area (Å²) in [6, 6.07) is 6.29. The fourth-order valence-corrected chi connectivity index (χ4v) is 3.24. The molecule has 1 aliphatic rings. The minimum atomic E-state index is -0.653. The number of nitrogens with one attached hydrogen (secondary N) is 1. The van der Waals surface area contributed by atoms with Crippen LogP contribution in [0.2, 0.25) is 0 Å². The number of ether oxygens (including phenoxy) is 1. The van der Waals surface area contributed by atoms with Gasteiger partial charge >= 0.3 is 5.97 Å². The molecule has 1 fully saturated rings. The molecule has 0 saturated heterocycles. The van der Waals surface area contributed by atoms with Crippen molar-refractivity contribution in [2.75, 3.05) is 13.7 Å². The van der Waals surface area contributed by atoms with Gasteiger partial charge in [0.05, 0.1) is 13.0 Å². The Labute approximate surface area is 126 Å². The summed E-state index contributed by atoms with van der Waals surface area (Å²) in [6.07, 6.45) is 2.83. The first-order chi connectivity index (χ1) is 10.0. The minimum Gasteiger partial charge on any atom is -0.496 e. The van der Waals surface area contributed by atoms with Crippen molar-refractivity contribution in [3.63, 3.8) is 0 Å². The van der Waals surface area contributed by atoms with E-state index in [0.717, 1.165) is 37.1 Å². The summed E-state index contributed by atoms with van der Waals surface area (Å²) in [5, 5.41) is 12.7. The van der Waals surface area contributed by atoms with E-state index in [1.54, 1.807) is 7.11 Å². The molecule has 2 rings (SSSR count). The summed E-state index contributed by atoms with van der Waals surface area (Å²) in [7, 11) is 1.68. The first kappa shape index (κ1) is 15.8. The fraction of sp³-hybridized carbons (Fsp3) is 0.588. The third kappa shape index (κ3) is 3.76. The average molecular weight is 291 g/mol. The van der Waals surface area contributed by atoms with E-state index in [1.807, 2.05) is 12.1 Å². The Bertz CT molecular complexity index is 501. The summed E-state index contributed by atoms with van der Waals surface area (Å²) in [6.45, 7) is 4.91. The molecule has 4 heteroatoms. The number of carboxylic acids is 1. The van der Waals surface area contributed by atoms with Crippen molar-refractivity contribution in [3.05, 3.63) is 29.3 Å². The molecule has 0 heterocycles. The van der Waals surface area contributed by atoms with Crippen LogP contribution >= 0.6 is 0 Å². The quantitative estimate of drug-likeness (QED) is 0.845. The highest BCUT2D eigenvalue weighted by atomic mass is 16.5. The molecule has 3 atom stereocenters.